The molecule has 0 radical (unpaired) electrons. The molecule has 1 saturated carbocycles. The Kier molecular flexibility index (Phi) is 15.4. The van der Waals surface area contributed by atoms with Gasteiger partial charge in [0, 0.05) is 55.2 Å². The maximum Gasteiger partial charge on any atom is 0.263 e. The average Bonchev–Trinajstić information content (AvgIpc) is 3.92. The number of nitrogens with one attached hydrogen (secondary N) is 4. The van der Waals surface area contributed by atoms with Crippen LogP contribution >= 0.6 is 11.3 Å². The molecule has 2 fully saturated rings. The fraction of sp³-hybridized carbons (Fsp3) is 0.444. The number of aryl methyl sites for hydroxylation is 3. The van der Waals surface area contributed by atoms with Crippen molar-refractivity contribution in [2.75, 3.05) is 86.5 Å². The number of Topliss-reactive ketones (excluding diaryl/α,β-unsaturated/α-hetero) is 1. The number of ketones is 1. The van der Waals surface area contributed by atoms with Gasteiger partial charge >= 0.3 is 0 Å². The van der Waals surface area contributed by atoms with Crippen molar-refractivity contribution >= 4 is 74.1 Å². The molecule has 0 spiro atoms. The van der Waals surface area contributed by atoms with E-state index < -0.39 is 0 Å². The molecule has 3 amide bonds. The van der Waals surface area contributed by atoms with E-state index in [0.29, 0.717) is 84.2 Å². The molecule has 5 heterocycles. The average molecular weight is 894 g/mol. The van der Waals surface area contributed by atoms with E-state index in [1.807, 2.05) is 26.0 Å². The first-order chi connectivity index (χ1) is 30.9. The topological polar surface area (TPSA) is 215 Å². The second-order valence-corrected chi connectivity index (χ2v) is 17.1. The van der Waals surface area contributed by atoms with Crippen LogP contribution in [0.1, 0.15) is 81.9 Å². The molecule has 1 aromatic carbocycles. The molecule has 338 valence electrons. The van der Waals surface area contributed by atoms with Gasteiger partial charge in [-0.25, -0.2) is 15.0 Å². The van der Waals surface area contributed by atoms with E-state index >= 15 is 0 Å². The Labute approximate surface area is 375 Å². The third-order valence-corrected chi connectivity index (χ3v) is 12.4. The van der Waals surface area contributed by atoms with Gasteiger partial charge in [0.05, 0.1) is 73.8 Å². The van der Waals surface area contributed by atoms with Gasteiger partial charge in [0.15, 0.2) is 10.9 Å². The number of benzene rings is 1. The Morgan fingerprint density at radius 3 is 2.30 bits per heavy atom. The lowest BCUT2D eigenvalue weighted by Crippen LogP contribution is -2.49. The number of hydrogen-bond donors (Lipinski definition) is 4. The van der Waals surface area contributed by atoms with Gasteiger partial charge in [0.1, 0.15) is 11.5 Å². The number of hydrogen-bond acceptors (Lipinski definition) is 15. The van der Waals surface area contributed by atoms with Crippen LogP contribution in [0.5, 0.6) is 0 Å². The van der Waals surface area contributed by atoms with Gasteiger partial charge < -0.3 is 30.3 Å². The van der Waals surface area contributed by atoms with Crippen molar-refractivity contribution in [2.45, 2.75) is 65.8 Å². The number of fused-ring (bicyclic) bond motifs is 1. The number of nitrogens with zero attached hydrogens (tertiary/aromatic N) is 7. The molecule has 0 atom stereocenters. The Hall–Kier alpha value is -6.15. The van der Waals surface area contributed by atoms with E-state index in [-0.39, 0.29) is 60.2 Å². The fourth-order valence-electron chi connectivity index (χ4n) is 7.94. The lowest BCUT2D eigenvalue weighted by molar-refractivity contribution is -0.122. The third-order valence-electron chi connectivity index (χ3n) is 11.5. The Bertz CT molecular complexity index is 2510. The molecule has 5 aromatic rings. The summed E-state index contributed by atoms with van der Waals surface area (Å²) >= 11 is 1.40. The zero-order valence-corrected chi connectivity index (χ0v) is 37.5. The van der Waals surface area contributed by atoms with Gasteiger partial charge in [-0.1, -0.05) is 25.0 Å². The number of pyridine rings is 2. The van der Waals surface area contributed by atoms with Crippen LogP contribution in [0.4, 0.5) is 28.3 Å². The van der Waals surface area contributed by atoms with Crippen molar-refractivity contribution in [3.05, 3.63) is 86.4 Å². The summed E-state index contributed by atoms with van der Waals surface area (Å²) in [5.41, 5.74) is 3.59. The van der Waals surface area contributed by atoms with Crippen LogP contribution in [-0.4, -0.2) is 119 Å². The molecular weight excluding hydrogens is 839 g/mol. The summed E-state index contributed by atoms with van der Waals surface area (Å²) in [6.07, 6.45) is 7.36. The molecule has 0 unspecified atom stereocenters. The SMILES string of the molecule is CC(=O)c1c(C)c2cnc(Nc3ccc(N4CCN(CC(=O)NCCOCCOCCC(=O)Nc5ccccc5C(=O)Nc5nc(C)c(C)s5)CC4)cn3)nc2n(C2CCCC2)c1=O. The van der Waals surface area contributed by atoms with E-state index in [4.69, 9.17) is 14.5 Å². The quantitative estimate of drug-likeness (QED) is 0.0621. The number of carbonyl (C=O) groups is 4. The summed E-state index contributed by atoms with van der Waals surface area (Å²) in [6.45, 7) is 11.7. The maximum atomic E-state index is 13.6. The number of aromatic nitrogens is 5. The van der Waals surface area contributed by atoms with Crippen molar-refractivity contribution in [3.63, 3.8) is 0 Å². The summed E-state index contributed by atoms with van der Waals surface area (Å²) in [6, 6.07) is 10.6. The van der Waals surface area contributed by atoms with E-state index in [2.05, 4.69) is 46.0 Å². The second kappa shape index (κ2) is 21.5. The van der Waals surface area contributed by atoms with Crippen molar-refractivity contribution in [3.8, 4) is 0 Å². The highest BCUT2D eigenvalue weighted by atomic mass is 32.1. The van der Waals surface area contributed by atoms with E-state index in [0.717, 1.165) is 55.0 Å². The van der Waals surface area contributed by atoms with Crippen LogP contribution in [0.25, 0.3) is 11.0 Å². The third kappa shape index (κ3) is 11.5. The van der Waals surface area contributed by atoms with E-state index in [1.54, 1.807) is 48.1 Å². The molecule has 4 aromatic heterocycles. The van der Waals surface area contributed by atoms with Crippen molar-refractivity contribution < 1.29 is 28.7 Å². The highest BCUT2D eigenvalue weighted by Gasteiger charge is 2.26. The number of ether oxygens (including phenoxy) is 2. The smallest absolute Gasteiger partial charge is 0.263 e. The highest BCUT2D eigenvalue weighted by molar-refractivity contribution is 7.15. The monoisotopic (exact) mass is 893 g/mol. The van der Waals surface area contributed by atoms with Gasteiger partial charge in [0.2, 0.25) is 17.8 Å². The van der Waals surface area contributed by atoms with Crippen molar-refractivity contribution in [1.82, 2.24) is 34.7 Å². The van der Waals surface area contributed by atoms with Crippen LogP contribution in [0, 0.1) is 20.8 Å². The first-order valence-corrected chi connectivity index (χ1v) is 22.5. The normalized spacial score (nSPS) is 14.5. The van der Waals surface area contributed by atoms with Crippen molar-refractivity contribution in [2.24, 2.45) is 0 Å². The van der Waals surface area contributed by atoms with Gasteiger partial charge in [-0.2, -0.15) is 4.98 Å². The number of anilines is 5. The lowest BCUT2D eigenvalue weighted by atomic mass is 10.0. The minimum Gasteiger partial charge on any atom is -0.379 e. The molecule has 1 aliphatic heterocycles. The van der Waals surface area contributed by atoms with Gasteiger partial charge in [0.25, 0.3) is 11.5 Å². The van der Waals surface area contributed by atoms with Gasteiger partial charge in [-0.15, -0.1) is 11.3 Å². The number of para-hydroxylation sites is 1. The number of thiazole rings is 1. The summed E-state index contributed by atoms with van der Waals surface area (Å²) in [7, 11) is 0. The van der Waals surface area contributed by atoms with Crippen LogP contribution in [0.3, 0.4) is 0 Å². The molecule has 64 heavy (non-hydrogen) atoms. The standard InChI is InChI=1S/C45H55N11O7S/c1-28-35-26-48-44(52-41(35)56(32-9-5-6-10-32)43(61)40(28)30(3)57)51-37-14-13-33(25-47-37)55-19-17-54(18-20-55)27-39(59)46-16-22-63-24-23-62-21-15-38(58)50-36-12-8-7-11-34(36)42(60)53-45-49-29(2)31(4)64-45/h7-8,11-14,25-26,32H,5-6,9-10,15-24,27H2,1-4H3,(H,46,59)(H,50,58)(H,49,53,60)(H,47,48,51,52). The Balaban J connectivity index is 0.764. The number of carbonyl (C=O) groups excluding carboxylic acids is 4. The molecule has 19 heteroatoms. The highest BCUT2D eigenvalue weighted by Crippen LogP contribution is 2.32. The molecule has 18 nitrogen and oxygen atoms in total. The van der Waals surface area contributed by atoms with E-state index in [9.17, 15) is 24.0 Å². The van der Waals surface area contributed by atoms with E-state index in [1.165, 1.54) is 18.3 Å². The molecule has 2 aliphatic rings. The molecule has 4 N–H and O–H groups in total. The lowest BCUT2D eigenvalue weighted by Gasteiger charge is -2.35. The van der Waals surface area contributed by atoms with Crippen LogP contribution < -0.4 is 31.7 Å². The number of piperazine rings is 1. The minimum absolute atomic E-state index is 0.00642. The first kappa shape index (κ1) is 45.9. The molecule has 0 bridgehead atoms. The zero-order chi connectivity index (χ0) is 45.2. The van der Waals surface area contributed by atoms with Gasteiger partial charge in [-0.05, 0) is 70.4 Å². The van der Waals surface area contributed by atoms with Gasteiger partial charge in [-0.3, -0.25) is 38.8 Å². The fourth-order valence-corrected chi connectivity index (χ4v) is 8.75. The summed E-state index contributed by atoms with van der Waals surface area (Å²) in [5, 5.41) is 12.9. The maximum absolute atomic E-state index is 13.6. The Morgan fingerprint density at radius 1 is 0.844 bits per heavy atom. The Morgan fingerprint density at radius 2 is 1.59 bits per heavy atom. The first-order valence-electron chi connectivity index (χ1n) is 21.6. The van der Waals surface area contributed by atoms with Crippen LogP contribution in [0.15, 0.2) is 53.6 Å². The minimum atomic E-state index is -0.354. The van der Waals surface area contributed by atoms with Crippen LogP contribution in [-0.2, 0) is 19.1 Å². The summed E-state index contributed by atoms with van der Waals surface area (Å²) < 4.78 is 12.8. The predicted octanol–water partition coefficient (Wildman–Crippen LogP) is 5.18. The predicted molar refractivity (Wildman–Crippen MR) is 246 cm³/mol. The molecular formula is C45H55N11O7S. The molecule has 7 rings (SSSR count). The van der Waals surface area contributed by atoms with Crippen molar-refractivity contribution in [1.29, 1.82) is 0 Å². The largest absolute Gasteiger partial charge is 0.379 e. The van der Waals surface area contributed by atoms with Crippen LogP contribution in [0.2, 0.25) is 0 Å². The molecule has 1 aliphatic carbocycles. The zero-order valence-electron chi connectivity index (χ0n) is 36.7. The number of amides is 3. The number of rotatable bonds is 19. The second-order valence-electron chi connectivity index (χ2n) is 15.9. The summed E-state index contributed by atoms with van der Waals surface area (Å²) in [5.74, 6) is -0.0909. The molecule has 1 saturated heterocycles. The summed E-state index contributed by atoms with van der Waals surface area (Å²) in [4.78, 5) is 87.7.